The summed E-state index contributed by atoms with van der Waals surface area (Å²) in [6.45, 7) is 11.0. The first-order valence-corrected chi connectivity index (χ1v) is 8.13. The molecule has 3 heteroatoms. The van der Waals surface area contributed by atoms with Crippen LogP contribution in [0.25, 0.3) is 0 Å². The van der Waals surface area contributed by atoms with E-state index in [4.69, 9.17) is 0 Å². The molecule has 2 N–H and O–H groups in total. The summed E-state index contributed by atoms with van der Waals surface area (Å²) in [5.41, 5.74) is 4.06. The van der Waals surface area contributed by atoms with Crippen LogP contribution in [0, 0.1) is 6.92 Å². The maximum Gasteiger partial charge on any atom is 0.0635 e. The van der Waals surface area contributed by atoms with Crippen molar-refractivity contribution in [3.05, 3.63) is 29.3 Å². The van der Waals surface area contributed by atoms with Gasteiger partial charge in [-0.3, -0.25) is 0 Å². The standard InChI is InChI=1S/C18H30N2O/c1-14-11-15(12-19-18(2,3)4)8-9-17(14)20-10-6-5-7-16(20)13-21/h8-9,11,16,19,21H,5-7,10,12-13H2,1-4H3. The van der Waals surface area contributed by atoms with Crippen molar-refractivity contribution < 1.29 is 5.11 Å². The van der Waals surface area contributed by atoms with Gasteiger partial charge in [0.05, 0.1) is 12.6 Å². The van der Waals surface area contributed by atoms with E-state index in [2.05, 4.69) is 56.1 Å². The number of anilines is 1. The Kier molecular flexibility index (Phi) is 5.28. The van der Waals surface area contributed by atoms with E-state index in [9.17, 15) is 5.11 Å². The molecule has 1 aliphatic heterocycles. The molecule has 0 saturated carbocycles. The maximum absolute atomic E-state index is 9.59. The molecule has 1 saturated heterocycles. The summed E-state index contributed by atoms with van der Waals surface area (Å²) in [5, 5.41) is 13.1. The van der Waals surface area contributed by atoms with E-state index in [0.29, 0.717) is 0 Å². The number of nitrogens with zero attached hydrogens (tertiary/aromatic N) is 1. The van der Waals surface area contributed by atoms with Crippen LogP contribution in [-0.4, -0.2) is 29.8 Å². The van der Waals surface area contributed by atoms with Crippen molar-refractivity contribution in [3.63, 3.8) is 0 Å². The van der Waals surface area contributed by atoms with E-state index in [1.165, 1.54) is 29.7 Å². The third-order valence-electron chi connectivity index (χ3n) is 4.23. The summed E-state index contributed by atoms with van der Waals surface area (Å²) in [4.78, 5) is 2.39. The van der Waals surface area contributed by atoms with Gasteiger partial charge in [-0.25, -0.2) is 0 Å². The lowest BCUT2D eigenvalue weighted by atomic mass is 9.99. The Morgan fingerprint density at radius 2 is 2.05 bits per heavy atom. The SMILES string of the molecule is Cc1cc(CNC(C)(C)C)ccc1N1CCCCC1CO. The van der Waals surface area contributed by atoms with Gasteiger partial charge in [-0.15, -0.1) is 0 Å². The molecular weight excluding hydrogens is 260 g/mol. The molecule has 1 unspecified atom stereocenters. The number of hydrogen-bond donors (Lipinski definition) is 2. The fourth-order valence-electron chi connectivity index (χ4n) is 3.02. The molecule has 1 fully saturated rings. The summed E-state index contributed by atoms with van der Waals surface area (Å²) >= 11 is 0. The molecular formula is C18H30N2O. The van der Waals surface area contributed by atoms with Crippen LogP contribution in [0.15, 0.2) is 18.2 Å². The normalized spacial score (nSPS) is 19.9. The smallest absolute Gasteiger partial charge is 0.0635 e. The zero-order chi connectivity index (χ0) is 15.5. The van der Waals surface area contributed by atoms with Crippen LogP contribution in [0.1, 0.15) is 51.2 Å². The first kappa shape index (κ1) is 16.3. The fraction of sp³-hybridized carbons (Fsp3) is 0.667. The minimum atomic E-state index is 0.140. The lowest BCUT2D eigenvalue weighted by Crippen LogP contribution is -2.42. The van der Waals surface area contributed by atoms with Gasteiger partial charge in [0.25, 0.3) is 0 Å². The molecule has 1 aromatic rings. The Bertz CT molecular complexity index is 465. The minimum Gasteiger partial charge on any atom is -0.394 e. The van der Waals surface area contributed by atoms with Crippen LogP contribution in [0.3, 0.4) is 0 Å². The highest BCUT2D eigenvalue weighted by Crippen LogP contribution is 2.28. The Morgan fingerprint density at radius 3 is 2.67 bits per heavy atom. The molecule has 118 valence electrons. The van der Waals surface area contributed by atoms with Crippen molar-refractivity contribution in [1.29, 1.82) is 0 Å². The lowest BCUT2D eigenvalue weighted by molar-refractivity contribution is 0.240. The predicted octanol–water partition coefficient (Wildman–Crippen LogP) is 3.23. The van der Waals surface area contributed by atoms with Crippen LogP contribution >= 0.6 is 0 Å². The molecule has 3 nitrogen and oxygen atoms in total. The molecule has 0 amide bonds. The molecule has 0 aromatic heterocycles. The number of hydrogen-bond acceptors (Lipinski definition) is 3. The fourth-order valence-corrected chi connectivity index (χ4v) is 3.02. The number of aliphatic hydroxyl groups is 1. The van der Waals surface area contributed by atoms with Gasteiger partial charge >= 0.3 is 0 Å². The minimum absolute atomic E-state index is 0.140. The van der Waals surface area contributed by atoms with Crippen LogP contribution in [0.5, 0.6) is 0 Å². The summed E-state index contributed by atoms with van der Waals surface area (Å²) in [6.07, 6.45) is 3.56. The second-order valence-electron chi connectivity index (χ2n) is 7.25. The Hall–Kier alpha value is -1.06. The molecule has 1 aromatic carbocycles. The van der Waals surface area contributed by atoms with Crippen LogP contribution in [-0.2, 0) is 6.54 Å². The first-order chi connectivity index (χ1) is 9.90. The topological polar surface area (TPSA) is 35.5 Å². The summed E-state index contributed by atoms with van der Waals surface area (Å²) in [6, 6.07) is 7.00. The Labute approximate surface area is 129 Å². The van der Waals surface area contributed by atoms with Gasteiger partial charge in [-0.1, -0.05) is 12.1 Å². The highest BCUT2D eigenvalue weighted by atomic mass is 16.3. The van der Waals surface area contributed by atoms with Crippen molar-refractivity contribution in [2.75, 3.05) is 18.1 Å². The van der Waals surface area contributed by atoms with Gasteiger partial charge in [0.15, 0.2) is 0 Å². The highest BCUT2D eigenvalue weighted by Gasteiger charge is 2.23. The van der Waals surface area contributed by atoms with Crippen molar-refractivity contribution in [3.8, 4) is 0 Å². The Balaban J connectivity index is 2.11. The molecule has 21 heavy (non-hydrogen) atoms. The average molecular weight is 290 g/mol. The molecule has 0 radical (unpaired) electrons. The quantitative estimate of drug-likeness (QED) is 0.893. The van der Waals surface area contributed by atoms with Gasteiger partial charge in [0, 0.05) is 24.3 Å². The third kappa shape index (κ3) is 4.45. The number of aliphatic hydroxyl groups excluding tert-OH is 1. The number of piperidine rings is 1. The molecule has 1 atom stereocenters. The predicted molar refractivity (Wildman–Crippen MR) is 89.8 cm³/mol. The monoisotopic (exact) mass is 290 g/mol. The van der Waals surface area contributed by atoms with Crippen LogP contribution in [0.4, 0.5) is 5.69 Å². The summed E-state index contributed by atoms with van der Waals surface area (Å²) in [5.74, 6) is 0. The average Bonchev–Trinajstić information content (AvgIpc) is 2.44. The zero-order valence-corrected chi connectivity index (χ0v) is 13.9. The van der Waals surface area contributed by atoms with Crippen molar-refractivity contribution in [2.45, 2.75) is 65.1 Å². The van der Waals surface area contributed by atoms with E-state index < -0.39 is 0 Å². The number of rotatable bonds is 4. The highest BCUT2D eigenvalue weighted by molar-refractivity contribution is 5.55. The summed E-state index contributed by atoms with van der Waals surface area (Å²) < 4.78 is 0. The van der Waals surface area contributed by atoms with Crippen molar-refractivity contribution >= 4 is 5.69 Å². The van der Waals surface area contributed by atoms with Gasteiger partial charge < -0.3 is 15.3 Å². The van der Waals surface area contributed by atoms with E-state index in [0.717, 1.165) is 19.5 Å². The number of benzene rings is 1. The molecule has 2 rings (SSSR count). The van der Waals surface area contributed by atoms with Crippen molar-refractivity contribution in [1.82, 2.24) is 5.32 Å². The first-order valence-electron chi connectivity index (χ1n) is 8.13. The van der Waals surface area contributed by atoms with Crippen molar-refractivity contribution in [2.24, 2.45) is 0 Å². The van der Waals surface area contributed by atoms with E-state index in [1.54, 1.807) is 0 Å². The lowest BCUT2D eigenvalue weighted by Gasteiger charge is -2.37. The molecule has 1 aliphatic rings. The van der Waals surface area contributed by atoms with Gasteiger partial charge in [-0.2, -0.15) is 0 Å². The summed E-state index contributed by atoms with van der Waals surface area (Å²) in [7, 11) is 0. The van der Waals surface area contributed by atoms with E-state index >= 15 is 0 Å². The van der Waals surface area contributed by atoms with E-state index in [1.807, 2.05) is 0 Å². The van der Waals surface area contributed by atoms with Crippen LogP contribution in [0.2, 0.25) is 0 Å². The molecule has 0 bridgehead atoms. The van der Waals surface area contributed by atoms with Crippen LogP contribution < -0.4 is 10.2 Å². The second-order valence-corrected chi connectivity index (χ2v) is 7.25. The second kappa shape index (κ2) is 6.80. The molecule has 0 spiro atoms. The Morgan fingerprint density at radius 1 is 1.29 bits per heavy atom. The molecule has 1 heterocycles. The maximum atomic E-state index is 9.59. The van der Waals surface area contributed by atoms with Gasteiger partial charge in [-0.05, 0) is 64.2 Å². The largest absolute Gasteiger partial charge is 0.394 e. The molecule has 0 aliphatic carbocycles. The van der Waals surface area contributed by atoms with Gasteiger partial charge in [0.1, 0.15) is 0 Å². The zero-order valence-electron chi connectivity index (χ0n) is 13.9. The van der Waals surface area contributed by atoms with E-state index in [-0.39, 0.29) is 18.2 Å². The third-order valence-corrected chi connectivity index (χ3v) is 4.23. The number of aryl methyl sites for hydroxylation is 1. The number of nitrogens with one attached hydrogen (secondary N) is 1. The van der Waals surface area contributed by atoms with Gasteiger partial charge in [0.2, 0.25) is 0 Å².